The smallest absolute Gasteiger partial charge is 0.255 e. The number of anilines is 1. The minimum Gasteiger partial charge on any atom is -0.321 e. The van der Waals surface area contributed by atoms with Gasteiger partial charge < -0.3 is 5.32 Å². The van der Waals surface area contributed by atoms with Crippen molar-refractivity contribution in [2.24, 2.45) is 0 Å². The third kappa shape index (κ3) is 4.60. The fourth-order valence-electron chi connectivity index (χ4n) is 3.51. The molecule has 1 N–H and O–H groups in total. The zero-order chi connectivity index (χ0) is 19.3. The van der Waals surface area contributed by atoms with E-state index >= 15 is 0 Å². The Morgan fingerprint density at radius 1 is 0.929 bits per heavy atom. The van der Waals surface area contributed by atoms with Crippen LogP contribution in [0.15, 0.2) is 71.6 Å². The zero-order valence-corrected chi connectivity index (χ0v) is 17.2. The maximum absolute atomic E-state index is 12.8. The predicted octanol–water partition coefficient (Wildman–Crippen LogP) is 6.76. The number of fused-ring (bicyclic) bond motifs is 1. The number of aryl methyl sites for hydroxylation is 2. The molecule has 4 heteroatoms. The molecule has 1 aliphatic rings. The molecular formula is C24H22ClNOS. The van der Waals surface area contributed by atoms with Crippen LogP contribution >= 0.6 is 23.4 Å². The van der Waals surface area contributed by atoms with E-state index < -0.39 is 0 Å². The highest BCUT2D eigenvalue weighted by molar-refractivity contribution is 7.98. The average molecular weight is 408 g/mol. The number of nitrogens with one attached hydrogen (secondary N) is 1. The summed E-state index contributed by atoms with van der Waals surface area (Å²) in [6.07, 6.45) is 4.66. The number of halogens is 1. The maximum Gasteiger partial charge on any atom is 0.255 e. The van der Waals surface area contributed by atoms with Gasteiger partial charge in [-0.25, -0.2) is 0 Å². The van der Waals surface area contributed by atoms with Gasteiger partial charge >= 0.3 is 0 Å². The molecule has 0 spiro atoms. The second-order valence-electron chi connectivity index (χ2n) is 7.06. The number of hydrogen-bond donors (Lipinski definition) is 1. The Morgan fingerprint density at radius 3 is 2.50 bits per heavy atom. The van der Waals surface area contributed by atoms with E-state index in [0.29, 0.717) is 0 Å². The fraction of sp³-hybridized carbons (Fsp3) is 0.208. The van der Waals surface area contributed by atoms with Gasteiger partial charge in [-0.1, -0.05) is 41.9 Å². The number of thioether (sulfide) groups is 1. The Morgan fingerprint density at radius 2 is 1.68 bits per heavy atom. The summed E-state index contributed by atoms with van der Waals surface area (Å²) in [5, 5.41) is 3.84. The van der Waals surface area contributed by atoms with E-state index in [-0.39, 0.29) is 5.91 Å². The minimum absolute atomic E-state index is 0.0482. The molecule has 0 heterocycles. The van der Waals surface area contributed by atoms with Gasteiger partial charge in [0.15, 0.2) is 0 Å². The van der Waals surface area contributed by atoms with Crippen molar-refractivity contribution in [1.82, 2.24) is 0 Å². The molecule has 0 radical (unpaired) electrons. The van der Waals surface area contributed by atoms with Crippen LogP contribution in [-0.2, 0) is 18.6 Å². The molecule has 28 heavy (non-hydrogen) atoms. The van der Waals surface area contributed by atoms with Crippen LogP contribution in [-0.4, -0.2) is 5.91 Å². The Bertz CT molecular complexity index is 984. The Kier molecular flexibility index (Phi) is 6.04. The van der Waals surface area contributed by atoms with Crippen molar-refractivity contribution in [1.29, 1.82) is 0 Å². The van der Waals surface area contributed by atoms with Crippen LogP contribution in [0.2, 0.25) is 5.02 Å². The van der Waals surface area contributed by atoms with Crippen molar-refractivity contribution in [3.8, 4) is 0 Å². The Labute approximate surface area is 175 Å². The molecular weight excluding hydrogens is 386 g/mol. The van der Waals surface area contributed by atoms with E-state index in [1.165, 1.54) is 29.5 Å². The van der Waals surface area contributed by atoms with Crippen molar-refractivity contribution in [2.75, 3.05) is 5.32 Å². The monoisotopic (exact) mass is 407 g/mol. The van der Waals surface area contributed by atoms with Gasteiger partial charge in [-0.2, -0.15) is 0 Å². The molecule has 0 aliphatic heterocycles. The summed E-state index contributed by atoms with van der Waals surface area (Å²) >= 11 is 7.67. The number of hydrogen-bond acceptors (Lipinski definition) is 2. The van der Waals surface area contributed by atoms with Crippen LogP contribution in [0, 0.1) is 0 Å². The van der Waals surface area contributed by atoms with Gasteiger partial charge in [-0.05, 0) is 78.8 Å². The highest BCUT2D eigenvalue weighted by atomic mass is 35.5. The zero-order valence-electron chi connectivity index (χ0n) is 15.6. The molecule has 2 nitrogen and oxygen atoms in total. The van der Waals surface area contributed by atoms with Crippen LogP contribution in [0.4, 0.5) is 5.69 Å². The van der Waals surface area contributed by atoms with Gasteiger partial charge in [0.05, 0.1) is 5.69 Å². The lowest BCUT2D eigenvalue weighted by atomic mass is 9.90. The van der Waals surface area contributed by atoms with Crippen molar-refractivity contribution in [3.05, 3.63) is 94.0 Å². The SMILES string of the molecule is O=C(Nc1ccccc1SCc1ccc(Cl)cc1)c1ccc2c(c1)CCCC2. The van der Waals surface area contributed by atoms with Gasteiger partial charge in [-0.15, -0.1) is 11.8 Å². The Balaban J connectivity index is 1.47. The summed E-state index contributed by atoms with van der Waals surface area (Å²) in [5.41, 5.74) is 5.50. The molecule has 0 saturated carbocycles. The van der Waals surface area contributed by atoms with Gasteiger partial charge in [0.25, 0.3) is 5.91 Å². The topological polar surface area (TPSA) is 29.1 Å². The van der Waals surface area contributed by atoms with E-state index in [2.05, 4.69) is 17.4 Å². The van der Waals surface area contributed by atoms with E-state index in [4.69, 9.17) is 11.6 Å². The Hall–Kier alpha value is -2.23. The first-order valence-corrected chi connectivity index (χ1v) is 10.9. The van der Waals surface area contributed by atoms with Gasteiger partial charge in [0.1, 0.15) is 0 Å². The van der Waals surface area contributed by atoms with E-state index in [1.54, 1.807) is 11.8 Å². The quantitative estimate of drug-likeness (QED) is 0.473. The molecule has 0 aromatic heterocycles. The lowest BCUT2D eigenvalue weighted by Gasteiger charge is -2.17. The van der Waals surface area contributed by atoms with Gasteiger partial charge in [-0.3, -0.25) is 4.79 Å². The van der Waals surface area contributed by atoms with Crippen LogP contribution in [0.1, 0.15) is 39.9 Å². The summed E-state index contributed by atoms with van der Waals surface area (Å²) in [4.78, 5) is 13.9. The molecule has 0 saturated heterocycles. The first-order valence-electron chi connectivity index (χ1n) is 9.58. The summed E-state index contributed by atoms with van der Waals surface area (Å²) in [6, 6.07) is 22.0. The number of para-hydroxylation sites is 1. The van der Waals surface area contributed by atoms with Crippen LogP contribution < -0.4 is 5.32 Å². The van der Waals surface area contributed by atoms with Crippen LogP contribution in [0.3, 0.4) is 0 Å². The molecule has 1 amide bonds. The van der Waals surface area contributed by atoms with E-state index in [1.807, 2.05) is 54.6 Å². The fourth-order valence-corrected chi connectivity index (χ4v) is 4.60. The number of carbonyl (C=O) groups is 1. The number of rotatable bonds is 5. The normalized spacial score (nSPS) is 13.0. The highest BCUT2D eigenvalue weighted by Crippen LogP contribution is 2.31. The maximum atomic E-state index is 12.8. The molecule has 0 bridgehead atoms. The molecule has 4 rings (SSSR count). The second kappa shape index (κ2) is 8.85. The van der Waals surface area contributed by atoms with Crippen molar-refractivity contribution in [3.63, 3.8) is 0 Å². The molecule has 3 aromatic rings. The number of benzene rings is 3. The third-order valence-corrected chi connectivity index (χ3v) is 6.45. The van der Waals surface area contributed by atoms with Gasteiger partial charge in [0, 0.05) is 21.2 Å². The summed E-state index contributed by atoms with van der Waals surface area (Å²) in [5.74, 6) is 0.774. The lowest BCUT2D eigenvalue weighted by Crippen LogP contribution is -2.14. The lowest BCUT2D eigenvalue weighted by molar-refractivity contribution is 0.102. The molecule has 3 aromatic carbocycles. The predicted molar refractivity (Wildman–Crippen MR) is 118 cm³/mol. The largest absolute Gasteiger partial charge is 0.321 e. The molecule has 0 fully saturated rings. The third-order valence-electron chi connectivity index (χ3n) is 5.05. The summed E-state index contributed by atoms with van der Waals surface area (Å²) < 4.78 is 0. The van der Waals surface area contributed by atoms with E-state index in [9.17, 15) is 4.79 Å². The first-order chi connectivity index (χ1) is 13.7. The van der Waals surface area contributed by atoms with Crippen molar-refractivity contribution < 1.29 is 4.79 Å². The van der Waals surface area contributed by atoms with Crippen molar-refractivity contribution in [2.45, 2.75) is 36.3 Å². The minimum atomic E-state index is -0.0482. The van der Waals surface area contributed by atoms with Crippen LogP contribution in [0.25, 0.3) is 0 Å². The van der Waals surface area contributed by atoms with E-state index in [0.717, 1.165) is 39.8 Å². The molecule has 0 unspecified atom stereocenters. The first kappa shape index (κ1) is 19.1. The molecule has 1 aliphatic carbocycles. The van der Waals surface area contributed by atoms with Crippen molar-refractivity contribution >= 4 is 35.0 Å². The standard InChI is InChI=1S/C24H22ClNOS/c25-21-13-9-17(10-14-21)16-28-23-8-4-3-7-22(23)26-24(27)20-12-11-18-5-1-2-6-19(18)15-20/h3-4,7-15H,1-2,5-6,16H2,(H,26,27). The number of amides is 1. The molecule has 0 atom stereocenters. The number of carbonyl (C=O) groups excluding carboxylic acids is 1. The molecule has 142 valence electrons. The summed E-state index contributed by atoms with van der Waals surface area (Å²) in [6.45, 7) is 0. The average Bonchev–Trinajstić information content (AvgIpc) is 2.74. The van der Waals surface area contributed by atoms with Crippen LogP contribution in [0.5, 0.6) is 0 Å². The highest BCUT2D eigenvalue weighted by Gasteiger charge is 2.14. The second-order valence-corrected chi connectivity index (χ2v) is 8.51. The van der Waals surface area contributed by atoms with Gasteiger partial charge in [0.2, 0.25) is 0 Å². The summed E-state index contributed by atoms with van der Waals surface area (Å²) in [7, 11) is 0.